The number of Topliss-reactive ketones (excluding diaryl/α,β-unsaturated/α-hetero) is 1. The third kappa shape index (κ3) is 3.27. The number of hydrogen-bond donors (Lipinski definition) is 0. The van der Waals surface area contributed by atoms with Crippen molar-refractivity contribution in [2.24, 2.45) is 0 Å². The van der Waals surface area contributed by atoms with Gasteiger partial charge in [-0.2, -0.15) is 0 Å². The van der Waals surface area contributed by atoms with Gasteiger partial charge in [0.25, 0.3) is 0 Å². The van der Waals surface area contributed by atoms with Gasteiger partial charge in [0.05, 0.1) is 0 Å². The zero-order chi connectivity index (χ0) is 14.9. The predicted molar refractivity (Wildman–Crippen MR) is 84.5 cm³/mol. The van der Waals surface area contributed by atoms with Gasteiger partial charge in [-0.25, -0.2) is 9.97 Å². The Bertz CT molecular complexity index is 663. The van der Waals surface area contributed by atoms with Gasteiger partial charge in [-0.1, -0.05) is 15.9 Å². The SMILES string of the molecule is CC(=O)c1ccc(Br)cc1Sc1nc(C)c(C)c(C)n1. The molecule has 0 bridgehead atoms. The number of hydrogen-bond acceptors (Lipinski definition) is 4. The number of carbonyl (C=O) groups excluding carboxylic acids is 1. The molecule has 20 heavy (non-hydrogen) atoms. The Morgan fingerprint density at radius 2 is 1.75 bits per heavy atom. The predicted octanol–water partition coefficient (Wildman–Crippen LogP) is 4.52. The van der Waals surface area contributed by atoms with Crippen molar-refractivity contribution >= 4 is 33.5 Å². The van der Waals surface area contributed by atoms with Gasteiger partial charge in [0.15, 0.2) is 10.9 Å². The molecule has 0 N–H and O–H groups in total. The highest BCUT2D eigenvalue weighted by atomic mass is 79.9. The largest absolute Gasteiger partial charge is 0.294 e. The van der Waals surface area contributed by atoms with Gasteiger partial charge in [0.2, 0.25) is 0 Å². The molecule has 0 aliphatic carbocycles. The Kier molecular flexibility index (Phi) is 4.60. The van der Waals surface area contributed by atoms with Crippen LogP contribution in [-0.4, -0.2) is 15.8 Å². The topological polar surface area (TPSA) is 42.9 Å². The van der Waals surface area contributed by atoms with Crippen LogP contribution in [0.3, 0.4) is 0 Å². The van der Waals surface area contributed by atoms with E-state index in [1.54, 1.807) is 6.92 Å². The molecule has 0 radical (unpaired) electrons. The van der Waals surface area contributed by atoms with Crippen LogP contribution in [0.5, 0.6) is 0 Å². The average Bonchev–Trinajstić information content (AvgIpc) is 2.35. The number of halogens is 1. The van der Waals surface area contributed by atoms with Crippen LogP contribution in [0.25, 0.3) is 0 Å². The Hall–Kier alpha value is -1.20. The summed E-state index contributed by atoms with van der Waals surface area (Å²) in [7, 11) is 0. The Labute approximate surface area is 131 Å². The fourth-order valence-electron chi connectivity index (χ4n) is 1.76. The highest BCUT2D eigenvalue weighted by Crippen LogP contribution is 2.31. The number of nitrogens with zero attached hydrogens (tertiary/aromatic N) is 2. The van der Waals surface area contributed by atoms with Gasteiger partial charge in [0.1, 0.15) is 0 Å². The summed E-state index contributed by atoms with van der Waals surface area (Å²) < 4.78 is 0.936. The van der Waals surface area contributed by atoms with Crippen molar-refractivity contribution in [3.63, 3.8) is 0 Å². The lowest BCUT2D eigenvalue weighted by atomic mass is 10.1. The average molecular weight is 351 g/mol. The zero-order valence-corrected chi connectivity index (χ0v) is 14.2. The van der Waals surface area contributed by atoms with E-state index in [0.717, 1.165) is 26.3 Å². The molecule has 0 amide bonds. The van der Waals surface area contributed by atoms with Crippen LogP contribution in [0.4, 0.5) is 0 Å². The first-order valence-electron chi connectivity index (χ1n) is 6.18. The molecule has 1 aromatic carbocycles. The normalized spacial score (nSPS) is 10.7. The number of ketones is 1. The van der Waals surface area contributed by atoms with E-state index in [0.29, 0.717) is 10.7 Å². The molecule has 1 aromatic heterocycles. The van der Waals surface area contributed by atoms with E-state index < -0.39 is 0 Å². The molecule has 104 valence electrons. The van der Waals surface area contributed by atoms with Crippen molar-refractivity contribution in [2.75, 3.05) is 0 Å². The second-order valence-electron chi connectivity index (χ2n) is 4.60. The zero-order valence-electron chi connectivity index (χ0n) is 11.8. The Morgan fingerprint density at radius 1 is 1.15 bits per heavy atom. The van der Waals surface area contributed by atoms with E-state index in [2.05, 4.69) is 25.9 Å². The number of rotatable bonds is 3. The van der Waals surface area contributed by atoms with Gasteiger partial charge in [-0.05, 0) is 63.2 Å². The maximum absolute atomic E-state index is 11.7. The van der Waals surface area contributed by atoms with Gasteiger partial charge in [-0.15, -0.1) is 0 Å². The van der Waals surface area contributed by atoms with E-state index >= 15 is 0 Å². The molecule has 0 saturated heterocycles. The molecule has 3 nitrogen and oxygen atoms in total. The first-order valence-corrected chi connectivity index (χ1v) is 7.79. The number of aryl methyl sites for hydroxylation is 2. The van der Waals surface area contributed by atoms with Crippen molar-refractivity contribution in [1.29, 1.82) is 0 Å². The molecule has 0 unspecified atom stereocenters. The minimum Gasteiger partial charge on any atom is -0.294 e. The monoisotopic (exact) mass is 350 g/mol. The summed E-state index contributed by atoms with van der Waals surface area (Å²) in [6.45, 7) is 7.53. The van der Waals surface area contributed by atoms with E-state index in [9.17, 15) is 4.79 Å². The summed E-state index contributed by atoms with van der Waals surface area (Å²) in [5.41, 5.74) is 3.74. The fraction of sp³-hybridized carbons (Fsp3) is 0.267. The molecule has 0 aliphatic rings. The highest BCUT2D eigenvalue weighted by Gasteiger charge is 2.12. The van der Waals surface area contributed by atoms with E-state index in [1.165, 1.54) is 11.8 Å². The molecule has 1 heterocycles. The second-order valence-corrected chi connectivity index (χ2v) is 6.53. The molecular formula is C15H15BrN2OS. The summed E-state index contributed by atoms with van der Waals surface area (Å²) in [4.78, 5) is 21.5. The summed E-state index contributed by atoms with van der Waals surface area (Å²) in [6, 6.07) is 5.62. The third-order valence-electron chi connectivity index (χ3n) is 3.14. The van der Waals surface area contributed by atoms with Gasteiger partial charge in [0, 0.05) is 26.3 Å². The maximum atomic E-state index is 11.7. The second kappa shape index (κ2) is 6.06. The van der Waals surface area contributed by atoms with Crippen molar-refractivity contribution in [3.05, 3.63) is 45.2 Å². The third-order valence-corrected chi connectivity index (χ3v) is 4.55. The molecule has 0 saturated carbocycles. The Morgan fingerprint density at radius 3 is 2.30 bits per heavy atom. The van der Waals surface area contributed by atoms with Crippen molar-refractivity contribution in [1.82, 2.24) is 9.97 Å². The van der Waals surface area contributed by atoms with Gasteiger partial charge in [-0.3, -0.25) is 4.79 Å². The number of aromatic nitrogens is 2. The lowest BCUT2D eigenvalue weighted by molar-refractivity contribution is 0.101. The molecule has 2 aromatic rings. The molecule has 0 fully saturated rings. The molecule has 0 atom stereocenters. The first kappa shape index (κ1) is 15.2. The summed E-state index contributed by atoms with van der Waals surface area (Å²) in [5, 5.41) is 0.672. The molecule has 2 rings (SSSR count). The maximum Gasteiger partial charge on any atom is 0.192 e. The molecule has 5 heteroatoms. The number of benzene rings is 1. The lowest BCUT2D eigenvalue weighted by Crippen LogP contribution is -2.00. The summed E-state index contributed by atoms with van der Waals surface area (Å²) in [6.07, 6.45) is 0. The molecular weight excluding hydrogens is 336 g/mol. The van der Waals surface area contributed by atoms with Crippen LogP contribution >= 0.6 is 27.7 Å². The lowest BCUT2D eigenvalue weighted by Gasteiger charge is -2.09. The van der Waals surface area contributed by atoms with Crippen LogP contribution in [0.2, 0.25) is 0 Å². The number of carbonyl (C=O) groups is 1. The standard InChI is InChI=1S/C15H15BrN2OS/c1-8-9(2)17-15(18-10(8)3)20-14-7-12(16)5-6-13(14)11(4)19/h5-7H,1-4H3. The minimum absolute atomic E-state index is 0.0422. The van der Waals surface area contributed by atoms with Crippen molar-refractivity contribution < 1.29 is 4.79 Å². The minimum atomic E-state index is 0.0422. The highest BCUT2D eigenvalue weighted by molar-refractivity contribution is 9.10. The van der Waals surface area contributed by atoms with E-state index in [4.69, 9.17) is 0 Å². The Balaban J connectivity index is 2.44. The fourth-order valence-corrected chi connectivity index (χ4v) is 3.34. The van der Waals surface area contributed by atoms with Gasteiger partial charge >= 0.3 is 0 Å². The quantitative estimate of drug-likeness (QED) is 0.602. The van der Waals surface area contributed by atoms with E-state index in [1.807, 2.05) is 39.0 Å². The van der Waals surface area contributed by atoms with Gasteiger partial charge < -0.3 is 0 Å². The van der Waals surface area contributed by atoms with Crippen molar-refractivity contribution in [3.8, 4) is 0 Å². The van der Waals surface area contributed by atoms with Crippen LogP contribution in [0.15, 0.2) is 32.7 Å². The smallest absolute Gasteiger partial charge is 0.192 e. The van der Waals surface area contributed by atoms with Crippen LogP contribution in [0.1, 0.15) is 34.2 Å². The van der Waals surface area contributed by atoms with Crippen LogP contribution in [-0.2, 0) is 0 Å². The summed E-state index contributed by atoms with van der Waals surface area (Å²) in [5.74, 6) is 0.0422. The molecule has 0 spiro atoms. The van der Waals surface area contributed by atoms with Crippen LogP contribution < -0.4 is 0 Å². The van der Waals surface area contributed by atoms with E-state index in [-0.39, 0.29) is 5.78 Å². The first-order chi connectivity index (χ1) is 9.38. The van der Waals surface area contributed by atoms with Crippen LogP contribution in [0, 0.1) is 20.8 Å². The molecule has 0 aliphatic heterocycles. The summed E-state index contributed by atoms with van der Waals surface area (Å²) >= 11 is 4.85. The van der Waals surface area contributed by atoms with Crippen molar-refractivity contribution in [2.45, 2.75) is 37.7 Å².